The molecule has 0 spiro atoms. The lowest BCUT2D eigenvalue weighted by atomic mass is 9.91. The average molecular weight is 448 g/mol. The van der Waals surface area contributed by atoms with Crippen molar-refractivity contribution >= 4 is 40.2 Å². The molecule has 166 valence electrons. The average Bonchev–Trinajstić information content (AvgIpc) is 3.18. The first kappa shape index (κ1) is 21.1. The van der Waals surface area contributed by atoms with E-state index in [9.17, 15) is 9.59 Å². The molecule has 2 amide bonds. The van der Waals surface area contributed by atoms with Gasteiger partial charge >= 0.3 is 0 Å². The third-order valence-electron chi connectivity index (χ3n) is 6.93. The van der Waals surface area contributed by atoms with Crippen LogP contribution in [0.1, 0.15) is 49.5 Å². The molecule has 1 aliphatic carbocycles. The van der Waals surface area contributed by atoms with Gasteiger partial charge in [-0.05, 0) is 56.4 Å². The van der Waals surface area contributed by atoms with Gasteiger partial charge in [0.05, 0.1) is 6.54 Å². The van der Waals surface area contributed by atoms with Crippen molar-refractivity contribution in [2.24, 2.45) is 0 Å². The molecule has 0 bridgehead atoms. The summed E-state index contributed by atoms with van der Waals surface area (Å²) < 4.78 is 2.02. The first-order chi connectivity index (χ1) is 15.5. The molecule has 1 aliphatic heterocycles. The quantitative estimate of drug-likeness (QED) is 0.557. The topological polar surface area (TPSA) is 54.3 Å². The normalized spacial score (nSPS) is 21.6. The van der Waals surface area contributed by atoms with Crippen LogP contribution in [0.2, 0.25) is 0 Å². The molecule has 1 atom stereocenters. The highest BCUT2D eigenvalue weighted by molar-refractivity contribution is 7.98. The van der Waals surface area contributed by atoms with Crippen molar-refractivity contribution in [3.63, 3.8) is 0 Å². The smallest absolute Gasteiger partial charge is 0.275 e. The Bertz CT molecular complexity index is 1180. The Balaban J connectivity index is 1.62. The molecule has 32 heavy (non-hydrogen) atoms. The number of rotatable bonds is 4. The maximum absolute atomic E-state index is 13.9. The van der Waals surface area contributed by atoms with Crippen LogP contribution in [0.25, 0.3) is 10.9 Å². The lowest BCUT2D eigenvalue weighted by molar-refractivity contribution is -0.127. The number of hydrogen-bond acceptors (Lipinski definition) is 3. The number of thioether (sulfide) groups is 1. The number of carbonyl (C=O) groups is 2. The SMILES string of the molecule is CSc1cccc(N2C(=O)c3cc4ccccc4n3CC2(C)C(=O)NC2CCCCC2)c1. The Morgan fingerprint density at radius 2 is 1.84 bits per heavy atom. The van der Waals surface area contributed by atoms with E-state index < -0.39 is 5.54 Å². The third kappa shape index (κ3) is 3.51. The number of benzene rings is 2. The molecule has 1 fully saturated rings. The van der Waals surface area contributed by atoms with Crippen molar-refractivity contribution in [3.8, 4) is 0 Å². The molecule has 2 heterocycles. The number of anilines is 1. The second-order valence-corrected chi connectivity index (χ2v) is 9.98. The fourth-order valence-corrected chi connectivity index (χ4v) is 5.64. The van der Waals surface area contributed by atoms with Crippen LogP contribution in [-0.4, -0.2) is 34.2 Å². The van der Waals surface area contributed by atoms with Crippen molar-refractivity contribution < 1.29 is 9.59 Å². The lowest BCUT2D eigenvalue weighted by Gasteiger charge is -2.44. The Kier molecular flexibility index (Phi) is 5.49. The summed E-state index contributed by atoms with van der Waals surface area (Å²) in [6, 6.07) is 18.1. The van der Waals surface area contributed by atoms with Crippen LogP contribution in [0.15, 0.2) is 59.5 Å². The lowest BCUT2D eigenvalue weighted by Crippen LogP contribution is -2.65. The molecular formula is C26H29N3O2S. The van der Waals surface area contributed by atoms with Crippen LogP contribution in [0.3, 0.4) is 0 Å². The van der Waals surface area contributed by atoms with E-state index in [1.165, 1.54) is 6.42 Å². The maximum Gasteiger partial charge on any atom is 0.275 e. The number of aromatic nitrogens is 1. The van der Waals surface area contributed by atoms with Crippen molar-refractivity contribution in [1.82, 2.24) is 9.88 Å². The predicted octanol–water partition coefficient (Wildman–Crippen LogP) is 5.23. The second kappa shape index (κ2) is 8.32. The highest BCUT2D eigenvalue weighted by Gasteiger charge is 2.49. The van der Waals surface area contributed by atoms with Gasteiger partial charge in [0, 0.05) is 27.5 Å². The van der Waals surface area contributed by atoms with Crippen molar-refractivity contribution in [1.29, 1.82) is 0 Å². The second-order valence-electron chi connectivity index (χ2n) is 9.10. The van der Waals surface area contributed by atoms with Gasteiger partial charge in [-0.25, -0.2) is 0 Å². The van der Waals surface area contributed by atoms with Gasteiger partial charge in [0.1, 0.15) is 11.2 Å². The summed E-state index contributed by atoms with van der Waals surface area (Å²) in [5.41, 5.74) is 1.36. The van der Waals surface area contributed by atoms with Gasteiger partial charge in [-0.15, -0.1) is 11.8 Å². The minimum Gasteiger partial charge on any atom is -0.351 e. The van der Waals surface area contributed by atoms with Gasteiger partial charge in [-0.2, -0.15) is 0 Å². The highest BCUT2D eigenvalue weighted by Crippen LogP contribution is 2.37. The van der Waals surface area contributed by atoms with E-state index in [0.29, 0.717) is 12.2 Å². The van der Waals surface area contributed by atoms with E-state index in [1.54, 1.807) is 16.7 Å². The van der Waals surface area contributed by atoms with E-state index in [-0.39, 0.29) is 17.9 Å². The summed E-state index contributed by atoms with van der Waals surface area (Å²) in [4.78, 5) is 30.5. The van der Waals surface area contributed by atoms with Crippen LogP contribution in [0, 0.1) is 0 Å². The summed E-state index contributed by atoms with van der Waals surface area (Å²) in [6.45, 7) is 2.33. The van der Waals surface area contributed by atoms with Crippen LogP contribution in [0.5, 0.6) is 0 Å². The van der Waals surface area contributed by atoms with Crippen molar-refractivity contribution in [3.05, 3.63) is 60.3 Å². The first-order valence-corrected chi connectivity index (χ1v) is 12.6. The molecular weight excluding hydrogens is 418 g/mol. The Morgan fingerprint density at radius 3 is 2.62 bits per heavy atom. The number of nitrogens with one attached hydrogen (secondary N) is 1. The summed E-state index contributed by atoms with van der Waals surface area (Å²) in [5, 5.41) is 4.32. The summed E-state index contributed by atoms with van der Waals surface area (Å²) >= 11 is 1.63. The molecule has 0 saturated heterocycles. The molecule has 2 aliphatic rings. The number of hydrogen-bond donors (Lipinski definition) is 1. The maximum atomic E-state index is 13.9. The molecule has 0 radical (unpaired) electrons. The van der Waals surface area contributed by atoms with Gasteiger partial charge in [0.2, 0.25) is 5.91 Å². The summed E-state index contributed by atoms with van der Waals surface area (Å²) in [7, 11) is 0. The van der Waals surface area contributed by atoms with Gasteiger partial charge in [0.25, 0.3) is 5.91 Å². The first-order valence-electron chi connectivity index (χ1n) is 11.4. The zero-order chi connectivity index (χ0) is 22.3. The minimum absolute atomic E-state index is 0.0734. The highest BCUT2D eigenvalue weighted by atomic mass is 32.2. The third-order valence-corrected chi connectivity index (χ3v) is 7.66. The molecule has 1 saturated carbocycles. The van der Waals surface area contributed by atoms with E-state index in [0.717, 1.165) is 47.2 Å². The van der Waals surface area contributed by atoms with Crippen molar-refractivity contribution in [2.75, 3.05) is 11.2 Å². The number of amides is 2. The molecule has 5 nitrogen and oxygen atoms in total. The summed E-state index contributed by atoms with van der Waals surface area (Å²) in [6.07, 6.45) is 7.56. The molecule has 1 unspecified atom stereocenters. The molecule has 1 aromatic heterocycles. The summed E-state index contributed by atoms with van der Waals surface area (Å²) in [5.74, 6) is -0.206. The minimum atomic E-state index is -1.03. The molecule has 3 aromatic rings. The Labute approximate surface area is 193 Å². The fourth-order valence-electron chi connectivity index (χ4n) is 5.19. The van der Waals surface area contributed by atoms with Gasteiger partial charge in [-0.3, -0.25) is 14.5 Å². The van der Waals surface area contributed by atoms with E-state index >= 15 is 0 Å². The van der Waals surface area contributed by atoms with Crippen LogP contribution in [0.4, 0.5) is 5.69 Å². The Morgan fingerprint density at radius 1 is 1.06 bits per heavy atom. The molecule has 2 aromatic carbocycles. The van der Waals surface area contributed by atoms with Gasteiger partial charge in [0.15, 0.2) is 0 Å². The van der Waals surface area contributed by atoms with E-state index in [2.05, 4.69) is 5.32 Å². The Hall–Kier alpha value is -2.73. The van der Waals surface area contributed by atoms with Crippen LogP contribution < -0.4 is 10.2 Å². The number of para-hydroxylation sites is 1. The number of carbonyl (C=O) groups excluding carboxylic acids is 2. The molecule has 6 heteroatoms. The van der Waals surface area contributed by atoms with Crippen LogP contribution >= 0.6 is 11.8 Å². The zero-order valence-electron chi connectivity index (χ0n) is 18.6. The van der Waals surface area contributed by atoms with Crippen molar-refractivity contribution in [2.45, 2.75) is 62.0 Å². The molecule has 1 N–H and O–H groups in total. The van der Waals surface area contributed by atoms with Gasteiger partial charge < -0.3 is 9.88 Å². The molecule has 5 rings (SSSR count). The van der Waals surface area contributed by atoms with E-state index in [1.807, 2.05) is 72.3 Å². The monoisotopic (exact) mass is 447 g/mol. The fraction of sp³-hybridized carbons (Fsp3) is 0.385. The number of fused-ring (bicyclic) bond motifs is 3. The predicted molar refractivity (Wildman–Crippen MR) is 130 cm³/mol. The van der Waals surface area contributed by atoms with Gasteiger partial charge in [-0.1, -0.05) is 43.5 Å². The standard InChI is InChI=1S/C26H29N3O2S/c1-26(25(31)27-19-10-4-3-5-11-19)17-28-22-14-7-6-9-18(22)15-23(28)24(30)29(26)20-12-8-13-21(16-20)32-2/h6-9,12-16,19H,3-5,10-11,17H2,1-2H3,(H,27,31). The van der Waals surface area contributed by atoms with E-state index in [4.69, 9.17) is 0 Å². The number of nitrogens with zero attached hydrogens (tertiary/aromatic N) is 2. The van der Waals surface area contributed by atoms with Crippen LogP contribution in [-0.2, 0) is 11.3 Å². The zero-order valence-corrected chi connectivity index (χ0v) is 19.5. The largest absolute Gasteiger partial charge is 0.351 e.